The van der Waals surface area contributed by atoms with E-state index in [4.69, 9.17) is 16.3 Å². The summed E-state index contributed by atoms with van der Waals surface area (Å²) in [5.74, 6) is -0.765. The highest BCUT2D eigenvalue weighted by molar-refractivity contribution is 8.00. The second-order valence-corrected chi connectivity index (χ2v) is 6.69. The van der Waals surface area contributed by atoms with Crippen LogP contribution >= 0.6 is 23.4 Å². The number of carbonyl (C=O) groups is 1. The molecule has 1 atom stereocenters. The summed E-state index contributed by atoms with van der Waals surface area (Å²) in [6.07, 6.45) is 0. The first-order chi connectivity index (χ1) is 8.19. The van der Waals surface area contributed by atoms with Gasteiger partial charge in [0.05, 0.1) is 5.02 Å². The lowest BCUT2D eigenvalue weighted by Crippen LogP contribution is -2.28. The Labute approximate surface area is 116 Å². The van der Waals surface area contributed by atoms with Crippen molar-refractivity contribution in [2.24, 2.45) is 0 Å². The predicted octanol–water partition coefficient (Wildman–Crippen LogP) is 4.30. The SMILES string of the molecule is CC(Sc1ccc(F)c(Cl)c1)C(=O)OC(C)(C)C. The summed E-state index contributed by atoms with van der Waals surface area (Å²) in [5.41, 5.74) is -0.508. The Hall–Kier alpha value is -0.740. The van der Waals surface area contributed by atoms with Gasteiger partial charge in [0.1, 0.15) is 16.7 Å². The third-order valence-corrected chi connectivity index (χ3v) is 3.30. The van der Waals surface area contributed by atoms with E-state index in [-0.39, 0.29) is 16.2 Å². The summed E-state index contributed by atoms with van der Waals surface area (Å²) in [6, 6.07) is 4.38. The number of benzene rings is 1. The third-order valence-electron chi connectivity index (χ3n) is 1.94. The van der Waals surface area contributed by atoms with Gasteiger partial charge >= 0.3 is 5.97 Å². The first-order valence-corrected chi connectivity index (χ1v) is 6.79. The van der Waals surface area contributed by atoms with Gasteiger partial charge in [-0.3, -0.25) is 4.79 Å². The second kappa shape index (κ2) is 5.93. The molecule has 0 aliphatic carbocycles. The molecule has 1 aromatic rings. The van der Waals surface area contributed by atoms with Crippen molar-refractivity contribution in [3.8, 4) is 0 Å². The predicted molar refractivity (Wildman–Crippen MR) is 72.6 cm³/mol. The lowest BCUT2D eigenvalue weighted by molar-refractivity contribution is -0.153. The van der Waals surface area contributed by atoms with Crippen molar-refractivity contribution >= 4 is 29.3 Å². The molecule has 0 bridgehead atoms. The van der Waals surface area contributed by atoms with Gasteiger partial charge in [-0.2, -0.15) is 0 Å². The van der Waals surface area contributed by atoms with E-state index in [1.165, 1.54) is 23.9 Å². The molecule has 0 radical (unpaired) electrons. The summed E-state index contributed by atoms with van der Waals surface area (Å²) in [6.45, 7) is 7.20. The lowest BCUT2D eigenvalue weighted by atomic mass is 10.2. The van der Waals surface area contributed by atoms with Gasteiger partial charge < -0.3 is 4.74 Å². The Bertz CT molecular complexity index is 443. The Balaban J connectivity index is 2.66. The van der Waals surface area contributed by atoms with Crippen molar-refractivity contribution in [2.45, 2.75) is 43.4 Å². The normalized spacial score (nSPS) is 13.2. The van der Waals surface area contributed by atoms with Crippen LogP contribution in [0, 0.1) is 5.82 Å². The van der Waals surface area contributed by atoms with Crippen molar-refractivity contribution in [3.05, 3.63) is 29.0 Å². The molecule has 0 aliphatic heterocycles. The zero-order valence-electron chi connectivity index (χ0n) is 10.8. The topological polar surface area (TPSA) is 26.3 Å². The Morgan fingerprint density at radius 1 is 1.44 bits per heavy atom. The third kappa shape index (κ3) is 4.86. The number of carbonyl (C=O) groups excluding carboxylic acids is 1. The minimum atomic E-state index is -0.508. The van der Waals surface area contributed by atoms with Crippen LogP contribution in [0.15, 0.2) is 23.1 Å². The minimum absolute atomic E-state index is 0.0522. The van der Waals surface area contributed by atoms with Gasteiger partial charge in [0.15, 0.2) is 0 Å². The number of esters is 1. The van der Waals surface area contributed by atoms with Crippen molar-refractivity contribution in [2.75, 3.05) is 0 Å². The molecule has 18 heavy (non-hydrogen) atoms. The molecule has 2 nitrogen and oxygen atoms in total. The summed E-state index contributed by atoms with van der Waals surface area (Å²) in [5, 5.41) is -0.317. The number of hydrogen-bond donors (Lipinski definition) is 0. The van der Waals surface area contributed by atoms with Crippen LogP contribution in [0.5, 0.6) is 0 Å². The number of thioether (sulfide) groups is 1. The van der Waals surface area contributed by atoms with Crippen LogP contribution < -0.4 is 0 Å². The summed E-state index contributed by atoms with van der Waals surface area (Å²) < 4.78 is 18.2. The van der Waals surface area contributed by atoms with E-state index in [0.717, 1.165) is 4.90 Å². The molecule has 100 valence electrons. The number of hydrogen-bond acceptors (Lipinski definition) is 3. The maximum absolute atomic E-state index is 13.0. The Morgan fingerprint density at radius 2 is 2.06 bits per heavy atom. The van der Waals surface area contributed by atoms with Crippen molar-refractivity contribution in [1.29, 1.82) is 0 Å². The largest absolute Gasteiger partial charge is 0.459 e. The number of halogens is 2. The van der Waals surface area contributed by atoms with Crippen LogP contribution in [0.1, 0.15) is 27.7 Å². The van der Waals surface area contributed by atoms with Crippen LogP contribution in [0.25, 0.3) is 0 Å². The van der Waals surface area contributed by atoms with E-state index in [0.29, 0.717) is 0 Å². The van der Waals surface area contributed by atoms with Gasteiger partial charge in [0, 0.05) is 4.90 Å². The smallest absolute Gasteiger partial charge is 0.319 e. The van der Waals surface area contributed by atoms with E-state index in [1.807, 2.05) is 20.8 Å². The molecule has 0 amide bonds. The molecule has 0 fully saturated rings. The van der Waals surface area contributed by atoms with Crippen LogP contribution in [0.2, 0.25) is 5.02 Å². The van der Waals surface area contributed by atoms with E-state index in [1.54, 1.807) is 13.0 Å². The highest BCUT2D eigenvalue weighted by Crippen LogP contribution is 2.28. The van der Waals surface area contributed by atoms with Crippen LogP contribution in [0.3, 0.4) is 0 Å². The summed E-state index contributed by atoms with van der Waals surface area (Å²) in [7, 11) is 0. The van der Waals surface area contributed by atoms with E-state index >= 15 is 0 Å². The molecule has 0 saturated heterocycles. The molecule has 0 saturated carbocycles. The first-order valence-electron chi connectivity index (χ1n) is 5.53. The van der Waals surface area contributed by atoms with E-state index in [9.17, 15) is 9.18 Å². The molecular weight excluding hydrogens is 275 g/mol. The highest BCUT2D eigenvalue weighted by Gasteiger charge is 2.22. The van der Waals surface area contributed by atoms with Gasteiger partial charge in [0.2, 0.25) is 0 Å². The monoisotopic (exact) mass is 290 g/mol. The van der Waals surface area contributed by atoms with Gasteiger partial charge in [-0.25, -0.2) is 4.39 Å². The highest BCUT2D eigenvalue weighted by atomic mass is 35.5. The van der Waals surface area contributed by atoms with Crippen LogP contribution in [-0.4, -0.2) is 16.8 Å². The molecular formula is C13H16ClFO2S. The molecule has 5 heteroatoms. The lowest BCUT2D eigenvalue weighted by Gasteiger charge is -2.22. The standard InChI is InChI=1S/C13H16ClFO2S/c1-8(12(16)17-13(2,3)4)18-9-5-6-11(15)10(14)7-9/h5-8H,1-4H3. The first kappa shape index (κ1) is 15.3. The minimum Gasteiger partial charge on any atom is -0.459 e. The zero-order valence-corrected chi connectivity index (χ0v) is 12.4. The van der Waals surface area contributed by atoms with Gasteiger partial charge in [-0.15, -0.1) is 11.8 Å². The van der Waals surface area contributed by atoms with Crippen LogP contribution in [-0.2, 0) is 9.53 Å². The van der Waals surface area contributed by atoms with Gasteiger partial charge in [-0.1, -0.05) is 11.6 Å². The average molecular weight is 291 g/mol. The fraction of sp³-hybridized carbons (Fsp3) is 0.462. The second-order valence-electron chi connectivity index (χ2n) is 4.87. The molecule has 0 aromatic heterocycles. The molecule has 1 rings (SSSR count). The van der Waals surface area contributed by atoms with Gasteiger partial charge in [0.25, 0.3) is 0 Å². The molecule has 1 aromatic carbocycles. The van der Waals surface area contributed by atoms with E-state index < -0.39 is 11.4 Å². The fourth-order valence-corrected chi connectivity index (χ4v) is 2.32. The molecule has 0 N–H and O–H groups in total. The molecule has 0 aliphatic rings. The quantitative estimate of drug-likeness (QED) is 0.613. The summed E-state index contributed by atoms with van der Waals surface area (Å²) >= 11 is 6.97. The van der Waals surface area contributed by atoms with Crippen molar-refractivity contribution in [3.63, 3.8) is 0 Å². The zero-order chi connectivity index (χ0) is 13.9. The van der Waals surface area contributed by atoms with Crippen molar-refractivity contribution in [1.82, 2.24) is 0 Å². The van der Waals surface area contributed by atoms with Gasteiger partial charge in [-0.05, 0) is 45.9 Å². The maximum atomic E-state index is 13.0. The van der Waals surface area contributed by atoms with E-state index in [2.05, 4.69) is 0 Å². The van der Waals surface area contributed by atoms with Crippen molar-refractivity contribution < 1.29 is 13.9 Å². The number of ether oxygens (including phenoxy) is 1. The number of rotatable bonds is 3. The Morgan fingerprint density at radius 3 is 2.56 bits per heavy atom. The maximum Gasteiger partial charge on any atom is 0.319 e. The fourth-order valence-electron chi connectivity index (χ4n) is 1.19. The average Bonchev–Trinajstić information content (AvgIpc) is 2.21. The Kier molecular flexibility index (Phi) is 5.05. The molecule has 0 spiro atoms. The molecule has 0 heterocycles. The van der Waals surface area contributed by atoms with Crippen LogP contribution in [0.4, 0.5) is 4.39 Å². The molecule has 1 unspecified atom stereocenters. The summed E-state index contributed by atoms with van der Waals surface area (Å²) in [4.78, 5) is 12.5.